The van der Waals surface area contributed by atoms with E-state index in [1.54, 1.807) is 12.1 Å². The number of hydrogen-bond acceptors (Lipinski definition) is 4. The van der Waals surface area contributed by atoms with Crippen LogP contribution in [0, 0.1) is 6.92 Å². The van der Waals surface area contributed by atoms with Crippen molar-refractivity contribution in [3.8, 4) is 0 Å². The van der Waals surface area contributed by atoms with E-state index in [2.05, 4.69) is 73.6 Å². The second kappa shape index (κ2) is 14.3. The molecule has 0 spiro atoms. The SMILES string of the molecule is CCCCN1C(=CC=CC=CC=CC2=[N+](CCCCCC(=O)O)c3ccc(S(=O)(=O)O)cc3C2(C)C)C(C)(C)c2cc(C)ccc21. The first-order chi connectivity index (χ1) is 21.7. The van der Waals surface area contributed by atoms with Crippen molar-refractivity contribution in [1.82, 2.24) is 0 Å². The molecule has 2 N–H and O–H groups in total. The molecule has 0 atom stereocenters. The first-order valence-corrected chi connectivity index (χ1v) is 17.7. The molecule has 0 aliphatic carbocycles. The van der Waals surface area contributed by atoms with Crippen LogP contribution in [0.4, 0.5) is 11.4 Å². The normalized spacial score (nSPS) is 18.1. The fourth-order valence-corrected chi connectivity index (χ4v) is 7.12. The molecule has 246 valence electrons. The number of allylic oxidation sites excluding steroid dienone is 8. The van der Waals surface area contributed by atoms with E-state index in [9.17, 15) is 17.8 Å². The lowest BCUT2D eigenvalue weighted by Gasteiger charge is -2.27. The number of rotatable bonds is 14. The van der Waals surface area contributed by atoms with Crippen LogP contribution in [0.3, 0.4) is 0 Å². The van der Waals surface area contributed by atoms with E-state index in [1.165, 1.54) is 28.6 Å². The molecule has 7 nitrogen and oxygen atoms in total. The Morgan fingerprint density at radius 2 is 1.61 bits per heavy atom. The van der Waals surface area contributed by atoms with Crippen LogP contribution in [-0.2, 0) is 25.7 Å². The molecule has 2 aliphatic rings. The Morgan fingerprint density at radius 3 is 2.30 bits per heavy atom. The number of carboxylic acid groups (broad SMARTS) is 1. The third-order valence-electron chi connectivity index (χ3n) is 9.17. The van der Waals surface area contributed by atoms with E-state index in [-0.39, 0.29) is 16.7 Å². The molecule has 8 heteroatoms. The maximum absolute atomic E-state index is 11.9. The fourth-order valence-electron chi connectivity index (χ4n) is 6.61. The molecule has 2 heterocycles. The van der Waals surface area contributed by atoms with Gasteiger partial charge in [-0.05, 0) is 69.9 Å². The Morgan fingerprint density at radius 1 is 0.891 bits per heavy atom. The molecule has 0 bridgehead atoms. The van der Waals surface area contributed by atoms with Crippen LogP contribution in [0.1, 0.15) is 89.8 Å². The Bertz CT molecular complexity index is 1720. The first kappa shape index (κ1) is 35.1. The van der Waals surface area contributed by atoms with Crippen LogP contribution in [0.15, 0.2) is 89.5 Å². The molecule has 0 saturated carbocycles. The summed E-state index contributed by atoms with van der Waals surface area (Å²) in [6.45, 7) is 14.7. The first-order valence-electron chi connectivity index (χ1n) is 16.3. The van der Waals surface area contributed by atoms with E-state index in [4.69, 9.17) is 5.11 Å². The number of fused-ring (bicyclic) bond motifs is 2. The van der Waals surface area contributed by atoms with Gasteiger partial charge in [0.25, 0.3) is 10.1 Å². The summed E-state index contributed by atoms with van der Waals surface area (Å²) in [5, 5.41) is 8.99. The van der Waals surface area contributed by atoms with Crippen LogP contribution >= 0.6 is 0 Å². The number of hydrogen-bond donors (Lipinski definition) is 2. The number of unbranched alkanes of at least 4 members (excludes halogenated alkanes) is 3. The Labute approximate surface area is 275 Å². The van der Waals surface area contributed by atoms with E-state index in [1.807, 2.05) is 38.2 Å². The van der Waals surface area contributed by atoms with Crippen molar-refractivity contribution in [1.29, 1.82) is 0 Å². The van der Waals surface area contributed by atoms with Gasteiger partial charge in [-0.15, -0.1) is 0 Å². The summed E-state index contributed by atoms with van der Waals surface area (Å²) in [7, 11) is -4.34. The van der Waals surface area contributed by atoms with Gasteiger partial charge < -0.3 is 10.0 Å². The zero-order valence-electron chi connectivity index (χ0n) is 28.1. The highest BCUT2D eigenvalue weighted by Crippen LogP contribution is 2.48. The summed E-state index contributed by atoms with van der Waals surface area (Å²) < 4.78 is 35.7. The summed E-state index contributed by atoms with van der Waals surface area (Å²) in [4.78, 5) is 13.3. The largest absolute Gasteiger partial charge is 0.481 e. The van der Waals surface area contributed by atoms with Crippen molar-refractivity contribution in [2.45, 2.75) is 95.8 Å². The molecule has 0 aromatic heterocycles. The topological polar surface area (TPSA) is 97.9 Å². The predicted molar refractivity (Wildman–Crippen MR) is 187 cm³/mol. The molecule has 46 heavy (non-hydrogen) atoms. The zero-order chi connectivity index (χ0) is 33.7. The van der Waals surface area contributed by atoms with Crippen molar-refractivity contribution in [3.05, 3.63) is 101 Å². The zero-order valence-corrected chi connectivity index (χ0v) is 28.9. The summed E-state index contributed by atoms with van der Waals surface area (Å²) in [6, 6.07) is 11.5. The smallest absolute Gasteiger partial charge is 0.303 e. The van der Waals surface area contributed by atoms with Gasteiger partial charge in [0.1, 0.15) is 6.54 Å². The third kappa shape index (κ3) is 7.61. The number of nitrogens with zero attached hydrogens (tertiary/aromatic N) is 2. The maximum atomic E-state index is 11.9. The van der Waals surface area contributed by atoms with Crippen molar-refractivity contribution in [2.24, 2.45) is 0 Å². The van der Waals surface area contributed by atoms with Gasteiger partial charge in [0, 0.05) is 53.9 Å². The Balaban J connectivity index is 1.56. The average molecular weight is 646 g/mol. The van der Waals surface area contributed by atoms with Crippen LogP contribution < -0.4 is 4.90 Å². The molecule has 0 unspecified atom stereocenters. The summed E-state index contributed by atoms with van der Waals surface area (Å²) in [5.74, 6) is -0.793. The Hall–Kier alpha value is -3.75. The lowest BCUT2D eigenvalue weighted by Crippen LogP contribution is -2.28. The predicted octanol–water partition coefficient (Wildman–Crippen LogP) is 8.41. The Kier molecular flexibility index (Phi) is 11.0. The van der Waals surface area contributed by atoms with E-state index >= 15 is 0 Å². The van der Waals surface area contributed by atoms with Gasteiger partial charge in [0.2, 0.25) is 5.69 Å². The van der Waals surface area contributed by atoms with Crippen molar-refractivity contribution in [3.63, 3.8) is 0 Å². The van der Waals surface area contributed by atoms with Gasteiger partial charge in [0.05, 0.1) is 10.3 Å². The summed E-state index contributed by atoms with van der Waals surface area (Å²) >= 11 is 0. The highest BCUT2D eigenvalue weighted by atomic mass is 32.2. The number of carboxylic acids is 1. The minimum absolute atomic E-state index is 0.0882. The van der Waals surface area contributed by atoms with Gasteiger partial charge in [-0.1, -0.05) is 75.3 Å². The monoisotopic (exact) mass is 645 g/mol. The van der Waals surface area contributed by atoms with Gasteiger partial charge in [-0.3, -0.25) is 9.35 Å². The van der Waals surface area contributed by atoms with Crippen LogP contribution in [-0.4, -0.2) is 47.4 Å². The number of aryl methyl sites for hydroxylation is 1. The number of anilines is 1. The molecule has 0 amide bonds. The molecule has 2 aromatic carbocycles. The molecular formula is C38H49N2O5S+. The number of aliphatic carboxylic acids is 1. The molecular weight excluding hydrogens is 596 g/mol. The number of benzene rings is 2. The average Bonchev–Trinajstić information content (AvgIpc) is 3.32. The molecule has 0 fully saturated rings. The molecule has 2 aliphatic heterocycles. The van der Waals surface area contributed by atoms with Gasteiger partial charge in [-0.2, -0.15) is 13.0 Å². The lowest BCUT2D eigenvalue weighted by atomic mass is 9.81. The van der Waals surface area contributed by atoms with Crippen LogP contribution in [0.5, 0.6) is 0 Å². The minimum Gasteiger partial charge on any atom is -0.481 e. The summed E-state index contributed by atoms with van der Waals surface area (Å²) in [5.41, 5.74) is 7.38. The van der Waals surface area contributed by atoms with Gasteiger partial charge in [-0.25, -0.2) is 0 Å². The lowest BCUT2D eigenvalue weighted by molar-refractivity contribution is -0.438. The highest BCUT2D eigenvalue weighted by molar-refractivity contribution is 7.85. The fraction of sp³-hybridized carbons (Fsp3) is 0.421. The number of carbonyl (C=O) groups is 1. The quantitative estimate of drug-likeness (QED) is 0.0927. The minimum atomic E-state index is -4.34. The standard InChI is InChI=1S/C38H48N2O5S/c1-7-8-24-39-32-22-20-28(2)26-30(32)37(3,4)34(39)17-13-10-9-11-14-18-35-38(5,6)31-27-29(46(43,44)45)21-23-33(31)40(35)25-16-12-15-19-36(41)42/h9-11,13-14,17-18,20-23,26-27H,7-8,12,15-16,19,24-25H2,1-6H3,(H-,41,42,43,44,45)/p+1. The van der Waals surface area contributed by atoms with Crippen LogP contribution in [0.25, 0.3) is 0 Å². The van der Waals surface area contributed by atoms with Crippen molar-refractivity contribution in [2.75, 3.05) is 18.0 Å². The molecule has 2 aromatic rings. The van der Waals surface area contributed by atoms with Gasteiger partial charge >= 0.3 is 5.97 Å². The van der Waals surface area contributed by atoms with Crippen molar-refractivity contribution < 1.29 is 27.4 Å². The van der Waals surface area contributed by atoms with E-state index in [0.717, 1.165) is 49.2 Å². The van der Waals surface area contributed by atoms with E-state index < -0.39 is 21.5 Å². The third-order valence-corrected chi connectivity index (χ3v) is 10.0. The molecule has 0 saturated heterocycles. The van der Waals surface area contributed by atoms with Gasteiger partial charge in [0.15, 0.2) is 5.71 Å². The van der Waals surface area contributed by atoms with Crippen molar-refractivity contribution >= 4 is 33.2 Å². The van der Waals surface area contributed by atoms with E-state index in [0.29, 0.717) is 13.0 Å². The second-order valence-electron chi connectivity index (χ2n) is 13.4. The van der Waals surface area contributed by atoms with Crippen LogP contribution in [0.2, 0.25) is 0 Å². The molecule has 4 rings (SSSR count). The highest BCUT2D eigenvalue weighted by Gasteiger charge is 2.45. The molecule has 0 radical (unpaired) electrons. The maximum Gasteiger partial charge on any atom is 0.303 e. The second-order valence-corrected chi connectivity index (χ2v) is 14.8. The summed E-state index contributed by atoms with van der Waals surface area (Å²) in [6.07, 6.45) is 19.0.